The highest BCUT2D eigenvalue weighted by molar-refractivity contribution is 6.08. The molecule has 88 valence electrons. The van der Waals surface area contributed by atoms with Gasteiger partial charge in [0.2, 0.25) is 0 Å². The lowest BCUT2D eigenvalue weighted by atomic mass is 9.96. The maximum absolute atomic E-state index is 13.2. The largest absolute Gasteiger partial charge is 0.360 e. The van der Waals surface area contributed by atoms with Crippen LogP contribution in [0.15, 0.2) is 24.4 Å². The van der Waals surface area contributed by atoms with E-state index in [1.54, 1.807) is 12.3 Å². The van der Waals surface area contributed by atoms with E-state index in [1.165, 1.54) is 12.1 Å². The molecule has 0 amide bonds. The minimum atomic E-state index is -0.294. The Bertz CT molecular complexity index is 567. The van der Waals surface area contributed by atoms with Crippen molar-refractivity contribution < 1.29 is 9.18 Å². The Morgan fingerprint density at radius 1 is 1.29 bits per heavy atom. The number of fused-ring (bicyclic) bond motifs is 1. The van der Waals surface area contributed by atoms with Gasteiger partial charge in [0.05, 0.1) is 0 Å². The van der Waals surface area contributed by atoms with Gasteiger partial charge in [0.1, 0.15) is 5.82 Å². The summed E-state index contributed by atoms with van der Waals surface area (Å²) in [7, 11) is 0. The van der Waals surface area contributed by atoms with Crippen molar-refractivity contribution in [3.05, 3.63) is 35.8 Å². The van der Waals surface area contributed by atoms with Crippen molar-refractivity contribution in [3.63, 3.8) is 0 Å². The zero-order valence-corrected chi connectivity index (χ0v) is 9.50. The first-order chi connectivity index (χ1) is 8.25. The van der Waals surface area contributed by atoms with Gasteiger partial charge in [0, 0.05) is 28.6 Å². The predicted molar refractivity (Wildman–Crippen MR) is 64.5 cm³/mol. The zero-order valence-electron chi connectivity index (χ0n) is 9.50. The van der Waals surface area contributed by atoms with Crippen LogP contribution in [-0.2, 0) is 0 Å². The second-order valence-corrected chi connectivity index (χ2v) is 4.74. The quantitative estimate of drug-likeness (QED) is 0.786. The van der Waals surface area contributed by atoms with Crippen LogP contribution in [0.1, 0.15) is 36.0 Å². The molecule has 1 saturated carbocycles. The normalized spacial score (nSPS) is 16.8. The van der Waals surface area contributed by atoms with Crippen molar-refractivity contribution in [1.29, 1.82) is 0 Å². The smallest absolute Gasteiger partial charge is 0.168 e. The number of aromatic nitrogens is 1. The highest BCUT2D eigenvalue weighted by atomic mass is 19.1. The summed E-state index contributed by atoms with van der Waals surface area (Å²) in [5.74, 6) is 0.00851. The summed E-state index contributed by atoms with van der Waals surface area (Å²) in [5, 5.41) is 0.710. The number of hydrogen-bond donors (Lipinski definition) is 1. The van der Waals surface area contributed by atoms with E-state index in [9.17, 15) is 9.18 Å². The molecule has 0 spiro atoms. The average Bonchev–Trinajstić information content (AvgIpc) is 2.97. The molecular weight excluding hydrogens is 217 g/mol. The number of benzene rings is 1. The van der Waals surface area contributed by atoms with Crippen LogP contribution in [0.5, 0.6) is 0 Å². The fraction of sp³-hybridized carbons (Fsp3) is 0.357. The van der Waals surface area contributed by atoms with Gasteiger partial charge in [0.25, 0.3) is 0 Å². The van der Waals surface area contributed by atoms with Crippen molar-refractivity contribution in [3.8, 4) is 0 Å². The van der Waals surface area contributed by atoms with E-state index in [1.807, 2.05) is 0 Å². The molecule has 0 aliphatic heterocycles. The summed E-state index contributed by atoms with van der Waals surface area (Å²) in [6, 6.07) is 4.52. The monoisotopic (exact) mass is 231 g/mol. The topological polar surface area (TPSA) is 32.9 Å². The first-order valence-electron chi connectivity index (χ1n) is 6.06. The number of rotatable bonds is 2. The molecule has 0 unspecified atom stereocenters. The molecule has 1 aromatic carbocycles. The third-order valence-corrected chi connectivity index (χ3v) is 3.64. The lowest BCUT2D eigenvalue weighted by molar-refractivity contribution is 0.0924. The van der Waals surface area contributed by atoms with Crippen LogP contribution in [0.4, 0.5) is 4.39 Å². The van der Waals surface area contributed by atoms with Crippen LogP contribution >= 0.6 is 0 Å². The van der Waals surface area contributed by atoms with Gasteiger partial charge in [-0.25, -0.2) is 4.39 Å². The van der Waals surface area contributed by atoms with Crippen LogP contribution in [-0.4, -0.2) is 10.8 Å². The summed E-state index contributed by atoms with van der Waals surface area (Å²) >= 11 is 0. The van der Waals surface area contributed by atoms with Crippen LogP contribution in [0.3, 0.4) is 0 Å². The van der Waals surface area contributed by atoms with Crippen molar-refractivity contribution in [2.75, 3.05) is 0 Å². The predicted octanol–water partition coefficient (Wildman–Crippen LogP) is 3.68. The zero-order chi connectivity index (χ0) is 11.8. The Morgan fingerprint density at radius 2 is 2.06 bits per heavy atom. The molecule has 3 rings (SSSR count). The summed E-state index contributed by atoms with van der Waals surface area (Å²) in [5.41, 5.74) is 1.47. The summed E-state index contributed by atoms with van der Waals surface area (Å²) in [6.07, 6.45) is 5.92. The van der Waals surface area contributed by atoms with E-state index in [0.29, 0.717) is 10.9 Å². The highest BCUT2D eigenvalue weighted by Gasteiger charge is 2.25. The van der Waals surface area contributed by atoms with Crippen molar-refractivity contribution in [1.82, 2.24) is 4.98 Å². The fourth-order valence-electron chi connectivity index (χ4n) is 2.70. The van der Waals surface area contributed by atoms with Gasteiger partial charge >= 0.3 is 0 Å². The molecule has 0 atom stereocenters. The lowest BCUT2D eigenvalue weighted by Gasteiger charge is -2.06. The van der Waals surface area contributed by atoms with E-state index >= 15 is 0 Å². The number of carbonyl (C=O) groups excluding carboxylic acids is 1. The number of carbonyl (C=O) groups is 1. The minimum Gasteiger partial charge on any atom is -0.360 e. The second-order valence-electron chi connectivity index (χ2n) is 4.74. The highest BCUT2D eigenvalue weighted by Crippen LogP contribution is 2.30. The standard InChI is InChI=1S/C14H14FNO/c15-10-5-6-13-11(7-10)12(8-16-13)14(17)9-3-1-2-4-9/h5-9,16H,1-4H2. The van der Waals surface area contributed by atoms with Crippen molar-refractivity contribution in [2.24, 2.45) is 5.92 Å². The Balaban J connectivity index is 2.04. The van der Waals surface area contributed by atoms with Gasteiger partial charge in [-0.2, -0.15) is 0 Å². The molecule has 2 nitrogen and oxygen atoms in total. The maximum Gasteiger partial charge on any atom is 0.168 e. The SMILES string of the molecule is O=C(c1c[nH]c2ccc(F)cc12)C1CCCC1. The molecule has 1 aromatic heterocycles. The van der Waals surface area contributed by atoms with Gasteiger partial charge in [-0.1, -0.05) is 12.8 Å². The molecular formula is C14H14FNO. The van der Waals surface area contributed by atoms with E-state index in [4.69, 9.17) is 0 Å². The van der Waals surface area contributed by atoms with Crippen LogP contribution in [0.2, 0.25) is 0 Å². The molecule has 3 heteroatoms. The van der Waals surface area contributed by atoms with Crippen molar-refractivity contribution in [2.45, 2.75) is 25.7 Å². The number of aromatic amines is 1. The molecule has 0 radical (unpaired) electrons. The average molecular weight is 231 g/mol. The molecule has 17 heavy (non-hydrogen) atoms. The second kappa shape index (κ2) is 3.99. The van der Waals surface area contributed by atoms with Gasteiger partial charge in [-0.15, -0.1) is 0 Å². The minimum absolute atomic E-state index is 0.136. The van der Waals surface area contributed by atoms with Gasteiger partial charge in [-0.3, -0.25) is 4.79 Å². The fourth-order valence-corrected chi connectivity index (χ4v) is 2.70. The third kappa shape index (κ3) is 1.75. The molecule has 0 bridgehead atoms. The number of nitrogens with one attached hydrogen (secondary N) is 1. The Morgan fingerprint density at radius 3 is 2.82 bits per heavy atom. The van der Waals surface area contributed by atoms with E-state index < -0.39 is 0 Å². The molecule has 1 heterocycles. The molecule has 1 N–H and O–H groups in total. The van der Waals surface area contributed by atoms with Crippen LogP contribution in [0.25, 0.3) is 10.9 Å². The first-order valence-corrected chi connectivity index (χ1v) is 6.06. The molecule has 1 aliphatic carbocycles. The van der Waals surface area contributed by atoms with E-state index in [0.717, 1.165) is 31.2 Å². The number of hydrogen-bond acceptors (Lipinski definition) is 1. The number of ketones is 1. The van der Waals surface area contributed by atoms with Crippen LogP contribution in [0, 0.1) is 11.7 Å². The molecule has 1 fully saturated rings. The Labute approximate surface area is 98.8 Å². The molecule has 1 aliphatic rings. The molecule has 2 aromatic rings. The van der Waals surface area contributed by atoms with Gasteiger partial charge in [0.15, 0.2) is 5.78 Å². The summed E-state index contributed by atoms with van der Waals surface area (Å²) in [6.45, 7) is 0. The van der Waals surface area contributed by atoms with Gasteiger partial charge < -0.3 is 4.98 Å². The maximum atomic E-state index is 13.2. The number of halogens is 1. The Kier molecular flexibility index (Phi) is 2.46. The van der Waals surface area contributed by atoms with E-state index in [2.05, 4.69) is 4.98 Å². The number of Topliss-reactive ketones (excluding diaryl/α,β-unsaturated/α-hetero) is 1. The van der Waals surface area contributed by atoms with E-state index in [-0.39, 0.29) is 17.5 Å². The molecule has 0 saturated heterocycles. The summed E-state index contributed by atoms with van der Waals surface area (Å²) in [4.78, 5) is 15.3. The Hall–Kier alpha value is -1.64. The summed E-state index contributed by atoms with van der Waals surface area (Å²) < 4.78 is 13.2. The van der Waals surface area contributed by atoms with Crippen molar-refractivity contribution >= 4 is 16.7 Å². The lowest BCUT2D eigenvalue weighted by Crippen LogP contribution is -2.10. The first kappa shape index (κ1) is 10.5. The number of H-pyrrole nitrogens is 1. The third-order valence-electron chi connectivity index (χ3n) is 3.64. The van der Waals surface area contributed by atoms with Gasteiger partial charge in [-0.05, 0) is 31.0 Å². The van der Waals surface area contributed by atoms with Crippen LogP contribution < -0.4 is 0 Å².